The Morgan fingerprint density at radius 3 is 1.98 bits per heavy atom. The Morgan fingerprint density at radius 1 is 0.817 bits per heavy atom. The van der Waals surface area contributed by atoms with E-state index in [9.17, 15) is 34.8 Å². The number of ether oxygens (including phenoxy) is 8. The third-order valence-corrected chi connectivity index (χ3v) is 12.4. The zero-order valence-electron chi connectivity index (χ0n) is 36.5. The van der Waals surface area contributed by atoms with E-state index in [-0.39, 0.29) is 25.2 Å². The van der Waals surface area contributed by atoms with Crippen molar-refractivity contribution in [2.45, 2.75) is 204 Å². The summed E-state index contributed by atoms with van der Waals surface area (Å²) in [7, 11) is 0. The molecule has 346 valence electrons. The monoisotopic (exact) mass is 858 g/mol. The molecule has 15 atom stereocenters. The number of rotatable bonds is 25. The van der Waals surface area contributed by atoms with E-state index >= 15 is 0 Å². The molecule has 60 heavy (non-hydrogen) atoms. The summed E-state index contributed by atoms with van der Waals surface area (Å²) in [5, 5.41) is 45.3. The van der Waals surface area contributed by atoms with Gasteiger partial charge in [-0.15, -0.1) is 6.58 Å². The minimum Gasteiger partial charge on any atom is -0.481 e. The number of aliphatic hydroxyl groups is 2. The van der Waals surface area contributed by atoms with Crippen LogP contribution in [0.1, 0.15) is 125 Å². The van der Waals surface area contributed by atoms with Gasteiger partial charge in [-0.2, -0.15) is 0 Å². The highest BCUT2D eigenvalue weighted by Gasteiger charge is 2.54. The molecule has 16 heteroatoms. The summed E-state index contributed by atoms with van der Waals surface area (Å²) in [5.74, 6) is -4.15. The smallest absolute Gasteiger partial charge is 0.332 e. The van der Waals surface area contributed by atoms with Gasteiger partial charge in [0, 0.05) is 32.7 Å². The molecular formula is C44H75NO15. The first-order chi connectivity index (χ1) is 28.9. The third-order valence-electron chi connectivity index (χ3n) is 12.4. The first-order valence-corrected chi connectivity index (χ1v) is 22.6. The van der Waals surface area contributed by atoms with Crippen LogP contribution in [0.3, 0.4) is 0 Å². The fraction of sp³-hybridized carbons (Fsp3) is 0.886. The molecule has 0 spiro atoms. The van der Waals surface area contributed by atoms with Gasteiger partial charge in [0.1, 0.15) is 42.7 Å². The minimum atomic E-state index is -1.55. The van der Waals surface area contributed by atoms with Crippen LogP contribution in [0.4, 0.5) is 0 Å². The molecule has 4 fully saturated rings. The lowest BCUT2D eigenvalue weighted by Gasteiger charge is -2.50. The fourth-order valence-corrected chi connectivity index (χ4v) is 8.96. The maximum atomic E-state index is 12.8. The second kappa shape index (κ2) is 25.8. The number of nitrogens with one attached hydrogen (secondary N) is 1. The van der Waals surface area contributed by atoms with Crippen LogP contribution in [0, 0.1) is 17.8 Å². The second-order valence-electron chi connectivity index (χ2n) is 17.1. The molecular weight excluding hydrogens is 782 g/mol. The molecule has 0 radical (unpaired) electrons. The molecule has 0 aromatic carbocycles. The van der Waals surface area contributed by atoms with E-state index in [0.29, 0.717) is 19.8 Å². The van der Waals surface area contributed by atoms with Crippen molar-refractivity contribution in [3.8, 4) is 0 Å². The van der Waals surface area contributed by atoms with Gasteiger partial charge in [0.25, 0.3) is 0 Å². The first-order valence-electron chi connectivity index (χ1n) is 22.6. The zero-order valence-corrected chi connectivity index (χ0v) is 36.5. The number of aliphatic carboxylic acids is 2. The minimum absolute atomic E-state index is 0.0445. The lowest BCUT2D eigenvalue weighted by atomic mass is 9.77. The molecule has 2 aliphatic carbocycles. The van der Waals surface area contributed by atoms with Crippen LogP contribution in [0.2, 0.25) is 0 Å². The predicted octanol–water partition coefficient (Wildman–Crippen LogP) is 4.75. The summed E-state index contributed by atoms with van der Waals surface area (Å²) in [6.07, 6.45) is -0.202. The second-order valence-corrected chi connectivity index (χ2v) is 17.1. The molecule has 4 rings (SSSR count). The zero-order chi connectivity index (χ0) is 43.8. The third kappa shape index (κ3) is 14.1. The van der Waals surface area contributed by atoms with Crippen LogP contribution in [0.25, 0.3) is 0 Å². The Kier molecular flexibility index (Phi) is 21.6. The van der Waals surface area contributed by atoms with Crippen LogP contribution >= 0.6 is 0 Å². The van der Waals surface area contributed by atoms with Crippen molar-refractivity contribution in [2.75, 3.05) is 26.4 Å². The van der Waals surface area contributed by atoms with E-state index in [4.69, 9.17) is 37.9 Å². The van der Waals surface area contributed by atoms with Gasteiger partial charge in [-0.1, -0.05) is 78.2 Å². The molecule has 0 bridgehead atoms. The van der Waals surface area contributed by atoms with E-state index in [1.807, 2.05) is 6.92 Å². The maximum absolute atomic E-state index is 12.8. The molecule has 2 saturated heterocycles. The quantitative estimate of drug-likeness (QED) is 0.0619. The summed E-state index contributed by atoms with van der Waals surface area (Å²) >= 11 is 0. The van der Waals surface area contributed by atoms with E-state index < -0.39 is 116 Å². The highest BCUT2D eigenvalue weighted by atomic mass is 16.7. The average Bonchev–Trinajstić information content (AvgIpc) is 3.22. The summed E-state index contributed by atoms with van der Waals surface area (Å²) < 4.78 is 52.0. The van der Waals surface area contributed by atoms with E-state index in [1.165, 1.54) is 6.92 Å². The largest absolute Gasteiger partial charge is 0.481 e. The first kappa shape index (κ1) is 50.4. The molecule has 16 nitrogen and oxygen atoms in total. The van der Waals surface area contributed by atoms with Gasteiger partial charge in [-0.05, 0) is 51.4 Å². The lowest BCUT2D eigenvalue weighted by Crippen LogP contribution is -2.67. The SMILES string of the molecule is C=CC1CC(C(=O)O)C[C@@H](O[C@@H]2O[C@@H](CO)[C@H](O)C(O[C@@H](CC3CCCCC3)C(=O)O)C2NC(C)=O)[C@@H]1OC1O[C@@H](C)C(OCCCC)[C@H](OCCCC)[C@@H]1OCCCC. The van der Waals surface area contributed by atoms with Crippen molar-refractivity contribution in [2.24, 2.45) is 17.8 Å². The standard InChI is InChI=1S/C44H75NO15/c1-7-11-19-53-36-26(5)56-44(40(55-21-13-9-3)39(36)54-20-12-8-2)60-37-29(10-4)23-30(41(49)50)24-31(37)58-43-34(45-27(6)47)38(35(48)33(25-46)59-43)57-32(42(51)52)22-28-17-15-14-16-18-28/h10,26,28-40,43-44,46,48H,4,7-9,11-25H2,1-3,5-6H3,(H,45,47)(H,49,50)(H,51,52)/t26-,29?,30?,31+,32-,33-,34?,35-,36?,37+,38?,39-,40-,43+,44?/m0/s1. The summed E-state index contributed by atoms with van der Waals surface area (Å²) in [6.45, 7) is 14.2. The Morgan fingerprint density at radius 2 is 1.43 bits per heavy atom. The van der Waals surface area contributed by atoms with Crippen molar-refractivity contribution in [1.82, 2.24) is 5.32 Å². The Labute approximate surface area is 356 Å². The molecule has 6 unspecified atom stereocenters. The molecule has 0 aromatic rings. The Balaban J connectivity index is 1.70. The summed E-state index contributed by atoms with van der Waals surface area (Å²) in [4.78, 5) is 38.0. The van der Waals surface area contributed by atoms with E-state index in [2.05, 4.69) is 32.7 Å². The van der Waals surface area contributed by atoms with Crippen LogP contribution < -0.4 is 5.32 Å². The van der Waals surface area contributed by atoms with Gasteiger partial charge < -0.3 is 63.6 Å². The number of hydrogen-bond donors (Lipinski definition) is 5. The van der Waals surface area contributed by atoms with Crippen molar-refractivity contribution < 1.29 is 72.7 Å². The van der Waals surface area contributed by atoms with Gasteiger partial charge in [0.15, 0.2) is 18.7 Å². The number of carboxylic acid groups (broad SMARTS) is 2. The van der Waals surface area contributed by atoms with Gasteiger partial charge in [0.05, 0.1) is 30.8 Å². The van der Waals surface area contributed by atoms with Crippen molar-refractivity contribution in [1.29, 1.82) is 0 Å². The highest BCUT2D eigenvalue weighted by molar-refractivity contribution is 5.74. The van der Waals surface area contributed by atoms with Crippen molar-refractivity contribution >= 4 is 17.8 Å². The number of amides is 1. The Bertz CT molecular complexity index is 1300. The molecule has 2 saturated carbocycles. The molecule has 0 aromatic heterocycles. The van der Waals surface area contributed by atoms with Gasteiger partial charge >= 0.3 is 11.9 Å². The topological polar surface area (TPSA) is 218 Å². The molecule has 1 amide bonds. The Hall–Kier alpha value is -2.25. The van der Waals surface area contributed by atoms with Crippen molar-refractivity contribution in [3.63, 3.8) is 0 Å². The highest BCUT2D eigenvalue weighted by Crippen LogP contribution is 2.40. The number of hydrogen-bond acceptors (Lipinski definition) is 13. The van der Waals surface area contributed by atoms with E-state index in [0.717, 1.165) is 70.6 Å². The number of unbranched alkanes of at least 4 members (excludes halogenated alkanes) is 3. The van der Waals surface area contributed by atoms with Crippen molar-refractivity contribution in [3.05, 3.63) is 12.7 Å². The van der Waals surface area contributed by atoms with Crippen LogP contribution in [-0.4, -0.2) is 144 Å². The molecule has 2 heterocycles. The molecule has 4 aliphatic rings. The van der Waals surface area contributed by atoms with Crippen LogP contribution in [0.15, 0.2) is 12.7 Å². The summed E-state index contributed by atoms with van der Waals surface area (Å²) in [5.41, 5.74) is 0. The number of carboxylic acids is 2. The maximum Gasteiger partial charge on any atom is 0.332 e. The fourth-order valence-electron chi connectivity index (χ4n) is 8.96. The molecule has 2 aliphatic heterocycles. The van der Waals surface area contributed by atoms with E-state index in [1.54, 1.807) is 6.08 Å². The number of aliphatic hydroxyl groups excluding tert-OH is 2. The van der Waals surface area contributed by atoms with Crippen LogP contribution in [0.5, 0.6) is 0 Å². The van der Waals surface area contributed by atoms with Gasteiger partial charge in [-0.3, -0.25) is 9.59 Å². The molecule has 5 N–H and O–H groups in total. The lowest BCUT2D eigenvalue weighted by molar-refractivity contribution is -0.347. The number of carbonyl (C=O) groups is 3. The van der Waals surface area contributed by atoms with Gasteiger partial charge in [0.2, 0.25) is 5.91 Å². The van der Waals surface area contributed by atoms with Crippen LogP contribution in [-0.2, 0) is 52.3 Å². The number of carbonyl (C=O) groups excluding carboxylic acids is 1. The normalized spacial score (nSPS) is 35.7. The summed E-state index contributed by atoms with van der Waals surface area (Å²) in [6, 6.07) is -1.27. The average molecular weight is 858 g/mol. The predicted molar refractivity (Wildman–Crippen MR) is 219 cm³/mol. The van der Waals surface area contributed by atoms with Gasteiger partial charge in [-0.25, -0.2) is 4.79 Å².